The van der Waals surface area contributed by atoms with Gasteiger partial charge in [-0.2, -0.15) is 13.2 Å². The molecule has 1 aromatic heterocycles. The van der Waals surface area contributed by atoms with Crippen LogP contribution in [0.25, 0.3) is 11.3 Å². The van der Waals surface area contributed by atoms with Crippen LogP contribution in [0, 0.1) is 11.7 Å². The Kier molecular flexibility index (Phi) is 5.10. The van der Waals surface area contributed by atoms with E-state index in [0.29, 0.717) is 30.7 Å². The molecule has 1 aliphatic rings. The van der Waals surface area contributed by atoms with Gasteiger partial charge in [0, 0.05) is 5.56 Å². The summed E-state index contributed by atoms with van der Waals surface area (Å²) in [6.45, 7) is 0.268. The Bertz CT molecular complexity index is 699. The molecule has 25 heavy (non-hydrogen) atoms. The summed E-state index contributed by atoms with van der Waals surface area (Å²) in [5.41, 5.74) is 6.16. The Labute approximate surface area is 142 Å². The first kappa shape index (κ1) is 17.9. The van der Waals surface area contributed by atoms with E-state index in [2.05, 4.69) is 4.98 Å². The normalized spacial score (nSPS) is 22.3. The minimum Gasteiger partial charge on any atom is -0.439 e. The van der Waals surface area contributed by atoms with Gasteiger partial charge in [-0.25, -0.2) is 9.37 Å². The fraction of sp³-hybridized carbons (Fsp3) is 0.471. The van der Waals surface area contributed by atoms with Crippen molar-refractivity contribution in [2.24, 2.45) is 11.7 Å². The van der Waals surface area contributed by atoms with Gasteiger partial charge in [0.1, 0.15) is 11.9 Å². The van der Waals surface area contributed by atoms with Crippen molar-refractivity contribution in [1.29, 1.82) is 0 Å². The molecule has 136 valence electrons. The molecule has 4 nitrogen and oxygen atoms in total. The van der Waals surface area contributed by atoms with Gasteiger partial charge < -0.3 is 10.2 Å². The number of aromatic nitrogens is 1. The smallest absolute Gasteiger partial charge is 0.404 e. The lowest BCUT2D eigenvalue weighted by atomic mass is 9.88. The summed E-state index contributed by atoms with van der Waals surface area (Å²) in [6.07, 6.45) is -1.80. The highest BCUT2D eigenvalue weighted by Crippen LogP contribution is 2.36. The molecule has 2 N–H and O–H groups in total. The van der Waals surface area contributed by atoms with Crippen LogP contribution in [0.15, 0.2) is 34.9 Å². The number of piperidine rings is 1. The molecule has 1 fully saturated rings. The third-order valence-corrected chi connectivity index (χ3v) is 4.52. The fourth-order valence-electron chi connectivity index (χ4n) is 3.35. The first-order valence-corrected chi connectivity index (χ1v) is 8.10. The molecule has 0 bridgehead atoms. The number of hydrogen-bond donors (Lipinski definition) is 1. The van der Waals surface area contributed by atoms with Gasteiger partial charge in [0.25, 0.3) is 0 Å². The quantitative estimate of drug-likeness (QED) is 0.850. The predicted molar refractivity (Wildman–Crippen MR) is 83.9 cm³/mol. The number of benzene rings is 1. The zero-order chi connectivity index (χ0) is 18.0. The molecule has 1 saturated heterocycles. The molecule has 2 atom stereocenters. The molecule has 2 heterocycles. The lowest BCUT2D eigenvalue weighted by Gasteiger charge is -2.41. The third-order valence-electron chi connectivity index (χ3n) is 4.52. The van der Waals surface area contributed by atoms with Crippen LogP contribution in [-0.2, 0) is 6.54 Å². The number of nitrogens with zero attached hydrogens (tertiary/aromatic N) is 2. The van der Waals surface area contributed by atoms with Crippen LogP contribution in [0.4, 0.5) is 17.6 Å². The molecular formula is C17H19F4N3O. The van der Waals surface area contributed by atoms with E-state index in [1.807, 2.05) is 0 Å². The third kappa shape index (κ3) is 4.01. The average molecular weight is 357 g/mol. The minimum absolute atomic E-state index is 0.00686. The van der Waals surface area contributed by atoms with Crippen molar-refractivity contribution < 1.29 is 22.0 Å². The Morgan fingerprint density at radius 3 is 2.60 bits per heavy atom. The van der Waals surface area contributed by atoms with Crippen molar-refractivity contribution in [2.75, 3.05) is 13.1 Å². The fourth-order valence-corrected chi connectivity index (χ4v) is 3.35. The Morgan fingerprint density at radius 1 is 1.24 bits per heavy atom. The number of halogens is 4. The lowest BCUT2D eigenvalue weighted by Crippen LogP contribution is -2.54. The first-order valence-electron chi connectivity index (χ1n) is 8.10. The van der Waals surface area contributed by atoms with E-state index in [9.17, 15) is 17.6 Å². The van der Waals surface area contributed by atoms with Crippen molar-refractivity contribution in [3.63, 3.8) is 0 Å². The maximum atomic E-state index is 13.5. The molecule has 3 rings (SSSR count). The van der Waals surface area contributed by atoms with Gasteiger partial charge in [0.2, 0.25) is 5.89 Å². The number of hydrogen-bond acceptors (Lipinski definition) is 4. The van der Waals surface area contributed by atoms with Gasteiger partial charge in [0.05, 0.1) is 12.7 Å². The molecule has 0 unspecified atom stereocenters. The van der Waals surface area contributed by atoms with Gasteiger partial charge in [-0.1, -0.05) is 0 Å². The van der Waals surface area contributed by atoms with Crippen LogP contribution < -0.4 is 5.73 Å². The summed E-state index contributed by atoms with van der Waals surface area (Å²) in [5, 5.41) is 0. The second-order valence-corrected chi connectivity index (χ2v) is 6.22. The second kappa shape index (κ2) is 7.13. The zero-order valence-electron chi connectivity index (χ0n) is 13.5. The van der Waals surface area contributed by atoms with Gasteiger partial charge >= 0.3 is 6.18 Å². The molecule has 2 aromatic rings. The highest BCUT2D eigenvalue weighted by molar-refractivity contribution is 5.55. The van der Waals surface area contributed by atoms with Crippen molar-refractivity contribution in [1.82, 2.24) is 9.88 Å². The van der Waals surface area contributed by atoms with E-state index in [1.165, 1.54) is 35.4 Å². The average Bonchev–Trinajstić information content (AvgIpc) is 3.02. The maximum absolute atomic E-state index is 13.5. The summed E-state index contributed by atoms with van der Waals surface area (Å²) in [4.78, 5) is 5.41. The summed E-state index contributed by atoms with van der Waals surface area (Å²) in [7, 11) is 0. The lowest BCUT2D eigenvalue weighted by molar-refractivity contribution is -0.207. The van der Waals surface area contributed by atoms with Crippen LogP contribution in [-0.4, -0.2) is 35.2 Å². The number of likely N-dealkylation sites (tertiary alicyclic amines) is 1. The van der Waals surface area contributed by atoms with Crippen LogP contribution in [0.1, 0.15) is 18.7 Å². The molecular weight excluding hydrogens is 338 g/mol. The summed E-state index contributed by atoms with van der Waals surface area (Å²) in [6, 6.07) is 4.04. The number of rotatable bonds is 4. The topological polar surface area (TPSA) is 55.3 Å². The van der Waals surface area contributed by atoms with E-state index in [1.54, 1.807) is 0 Å². The van der Waals surface area contributed by atoms with E-state index < -0.39 is 18.1 Å². The molecule has 1 aliphatic heterocycles. The van der Waals surface area contributed by atoms with E-state index in [0.717, 1.165) is 0 Å². The maximum Gasteiger partial charge on any atom is 0.404 e. The van der Waals surface area contributed by atoms with E-state index in [4.69, 9.17) is 10.2 Å². The van der Waals surface area contributed by atoms with Gasteiger partial charge in [0.15, 0.2) is 5.76 Å². The van der Waals surface area contributed by atoms with Crippen molar-refractivity contribution in [2.45, 2.75) is 31.6 Å². The van der Waals surface area contributed by atoms with E-state index >= 15 is 0 Å². The Morgan fingerprint density at radius 2 is 1.96 bits per heavy atom. The number of nitrogens with two attached hydrogens (primary N) is 1. The molecule has 8 heteroatoms. The number of alkyl halides is 3. The van der Waals surface area contributed by atoms with Crippen molar-refractivity contribution in [3.05, 3.63) is 42.2 Å². The number of oxazole rings is 1. The van der Waals surface area contributed by atoms with E-state index in [-0.39, 0.29) is 24.8 Å². The molecule has 1 aromatic carbocycles. The second-order valence-electron chi connectivity index (χ2n) is 6.22. The predicted octanol–water partition coefficient (Wildman–Crippen LogP) is 3.58. The van der Waals surface area contributed by atoms with Gasteiger partial charge in [-0.3, -0.25) is 4.90 Å². The van der Waals surface area contributed by atoms with Crippen molar-refractivity contribution >= 4 is 0 Å². The monoisotopic (exact) mass is 357 g/mol. The van der Waals surface area contributed by atoms with Crippen LogP contribution in [0.2, 0.25) is 0 Å². The van der Waals surface area contributed by atoms with Crippen LogP contribution in [0.5, 0.6) is 0 Å². The largest absolute Gasteiger partial charge is 0.439 e. The SMILES string of the molecule is NC[C@@H]1CCCN(Cc2ncc(-c3ccc(F)cc3)o2)[C@@H]1C(F)(F)F. The zero-order valence-corrected chi connectivity index (χ0v) is 13.5. The standard InChI is InChI=1S/C17H19F4N3O/c18-13-5-3-11(4-6-13)14-9-23-15(25-14)10-24-7-1-2-12(8-22)16(24)17(19,20)21/h3-6,9,12,16H,1-2,7-8,10,22H2/t12-,16-/m0/s1. The molecule has 0 aliphatic carbocycles. The summed E-state index contributed by atoms with van der Waals surface area (Å²) >= 11 is 0. The first-order chi connectivity index (χ1) is 11.9. The van der Waals surface area contributed by atoms with Crippen LogP contribution in [0.3, 0.4) is 0 Å². The van der Waals surface area contributed by atoms with Crippen molar-refractivity contribution in [3.8, 4) is 11.3 Å². The molecule has 0 amide bonds. The molecule has 0 radical (unpaired) electrons. The highest BCUT2D eigenvalue weighted by atomic mass is 19.4. The highest BCUT2D eigenvalue weighted by Gasteiger charge is 2.49. The van der Waals surface area contributed by atoms with Crippen LogP contribution >= 0.6 is 0 Å². The van der Waals surface area contributed by atoms with Gasteiger partial charge in [-0.15, -0.1) is 0 Å². The summed E-state index contributed by atoms with van der Waals surface area (Å²) in [5.74, 6) is -0.407. The Balaban J connectivity index is 1.77. The minimum atomic E-state index is -4.35. The molecule has 0 saturated carbocycles. The Hall–Kier alpha value is -1.93. The van der Waals surface area contributed by atoms with Gasteiger partial charge in [-0.05, 0) is 56.1 Å². The summed E-state index contributed by atoms with van der Waals surface area (Å²) < 4.78 is 58.9. The molecule has 0 spiro atoms.